The Labute approximate surface area is 115 Å². The topological polar surface area (TPSA) is 81.4 Å². The molecule has 5 nitrogen and oxygen atoms in total. The molecule has 19 heavy (non-hydrogen) atoms. The second-order valence-corrected chi connectivity index (χ2v) is 5.69. The number of nitrogens with one attached hydrogen (secondary N) is 1. The molecule has 1 aliphatic rings. The standard InChI is InChI=1S/C14H26N2O3/c1-11(8-13(18)19-2)16-12(17)9-14(10-15)6-4-3-5-7-14/h11H,3-10,15H2,1-2H3,(H,16,17). The lowest BCUT2D eigenvalue weighted by Gasteiger charge is -2.35. The quantitative estimate of drug-likeness (QED) is 0.714. The van der Waals surface area contributed by atoms with Crippen molar-refractivity contribution in [2.45, 2.75) is 57.9 Å². The van der Waals surface area contributed by atoms with Crippen molar-refractivity contribution in [2.75, 3.05) is 13.7 Å². The summed E-state index contributed by atoms with van der Waals surface area (Å²) >= 11 is 0. The molecule has 0 aromatic rings. The van der Waals surface area contributed by atoms with Crippen LogP contribution in [0.4, 0.5) is 0 Å². The van der Waals surface area contributed by atoms with Gasteiger partial charge in [-0.15, -0.1) is 0 Å². The fourth-order valence-corrected chi connectivity index (χ4v) is 2.81. The summed E-state index contributed by atoms with van der Waals surface area (Å²) in [5, 5.41) is 2.86. The normalized spacial score (nSPS) is 19.5. The van der Waals surface area contributed by atoms with Gasteiger partial charge in [0.05, 0.1) is 13.5 Å². The molecular weight excluding hydrogens is 244 g/mol. The number of hydrogen-bond donors (Lipinski definition) is 2. The Morgan fingerprint density at radius 2 is 1.95 bits per heavy atom. The lowest BCUT2D eigenvalue weighted by Crippen LogP contribution is -2.41. The number of nitrogens with two attached hydrogens (primary N) is 1. The monoisotopic (exact) mass is 270 g/mol. The molecule has 1 amide bonds. The Morgan fingerprint density at radius 3 is 2.47 bits per heavy atom. The van der Waals surface area contributed by atoms with Crippen LogP contribution in [0.3, 0.4) is 0 Å². The summed E-state index contributed by atoms with van der Waals surface area (Å²) in [4.78, 5) is 23.2. The summed E-state index contributed by atoms with van der Waals surface area (Å²) in [5.41, 5.74) is 5.83. The molecule has 0 saturated heterocycles. The maximum atomic E-state index is 12.0. The molecular formula is C14H26N2O3. The van der Waals surface area contributed by atoms with E-state index in [0.717, 1.165) is 25.7 Å². The Balaban J connectivity index is 2.42. The summed E-state index contributed by atoms with van der Waals surface area (Å²) in [6.07, 6.45) is 6.28. The third-order valence-electron chi connectivity index (χ3n) is 3.99. The van der Waals surface area contributed by atoms with Gasteiger partial charge in [0.2, 0.25) is 5.91 Å². The molecule has 0 heterocycles. The van der Waals surface area contributed by atoms with Crippen LogP contribution in [0.15, 0.2) is 0 Å². The smallest absolute Gasteiger partial charge is 0.307 e. The summed E-state index contributed by atoms with van der Waals surface area (Å²) in [7, 11) is 1.35. The van der Waals surface area contributed by atoms with Gasteiger partial charge in [0, 0.05) is 12.5 Å². The van der Waals surface area contributed by atoms with Crippen LogP contribution in [0, 0.1) is 5.41 Å². The Kier molecular flexibility index (Phi) is 6.28. The Bertz CT molecular complexity index is 312. The lowest BCUT2D eigenvalue weighted by molar-refractivity contribution is -0.141. The van der Waals surface area contributed by atoms with E-state index in [2.05, 4.69) is 10.1 Å². The molecule has 1 fully saturated rings. The van der Waals surface area contributed by atoms with Gasteiger partial charge in [0.1, 0.15) is 0 Å². The van der Waals surface area contributed by atoms with E-state index < -0.39 is 0 Å². The lowest BCUT2D eigenvalue weighted by atomic mass is 9.71. The third kappa shape index (κ3) is 5.19. The van der Waals surface area contributed by atoms with Gasteiger partial charge in [-0.05, 0) is 31.7 Å². The molecule has 0 radical (unpaired) electrons. The Morgan fingerprint density at radius 1 is 1.32 bits per heavy atom. The van der Waals surface area contributed by atoms with Gasteiger partial charge in [0.15, 0.2) is 0 Å². The minimum atomic E-state index is -0.306. The van der Waals surface area contributed by atoms with Gasteiger partial charge in [0.25, 0.3) is 0 Å². The van der Waals surface area contributed by atoms with Gasteiger partial charge >= 0.3 is 5.97 Å². The van der Waals surface area contributed by atoms with Gasteiger partial charge in [-0.25, -0.2) is 0 Å². The minimum Gasteiger partial charge on any atom is -0.469 e. The number of esters is 1. The molecule has 0 bridgehead atoms. The summed E-state index contributed by atoms with van der Waals surface area (Å²) < 4.78 is 4.58. The zero-order chi connectivity index (χ0) is 14.3. The van der Waals surface area contributed by atoms with Crippen molar-refractivity contribution in [1.29, 1.82) is 0 Å². The van der Waals surface area contributed by atoms with Crippen molar-refractivity contribution < 1.29 is 14.3 Å². The largest absolute Gasteiger partial charge is 0.469 e. The third-order valence-corrected chi connectivity index (χ3v) is 3.99. The van der Waals surface area contributed by atoms with Crippen LogP contribution in [0.5, 0.6) is 0 Å². The van der Waals surface area contributed by atoms with E-state index in [9.17, 15) is 9.59 Å². The molecule has 0 aromatic carbocycles. The molecule has 0 aliphatic heterocycles. The van der Waals surface area contributed by atoms with E-state index in [4.69, 9.17) is 5.73 Å². The van der Waals surface area contributed by atoms with Crippen molar-refractivity contribution >= 4 is 11.9 Å². The molecule has 1 saturated carbocycles. The zero-order valence-electron chi connectivity index (χ0n) is 12.0. The predicted octanol–water partition coefficient (Wildman–Crippen LogP) is 1.35. The summed E-state index contributed by atoms with van der Waals surface area (Å²) in [5.74, 6) is -0.317. The molecule has 5 heteroatoms. The second kappa shape index (κ2) is 7.48. The van der Waals surface area contributed by atoms with Crippen LogP contribution in [0.25, 0.3) is 0 Å². The molecule has 1 aliphatic carbocycles. The first-order valence-corrected chi connectivity index (χ1v) is 7.07. The maximum absolute atomic E-state index is 12.0. The first-order chi connectivity index (χ1) is 9.01. The number of carbonyl (C=O) groups is 2. The van der Waals surface area contributed by atoms with Crippen molar-refractivity contribution in [3.8, 4) is 0 Å². The fourth-order valence-electron chi connectivity index (χ4n) is 2.81. The van der Waals surface area contributed by atoms with E-state index in [1.165, 1.54) is 13.5 Å². The van der Waals surface area contributed by atoms with E-state index in [1.54, 1.807) is 0 Å². The highest BCUT2D eigenvalue weighted by Gasteiger charge is 2.33. The van der Waals surface area contributed by atoms with Crippen molar-refractivity contribution in [3.05, 3.63) is 0 Å². The van der Waals surface area contributed by atoms with Gasteiger partial charge in [-0.1, -0.05) is 19.3 Å². The molecule has 1 rings (SSSR count). The average molecular weight is 270 g/mol. The SMILES string of the molecule is COC(=O)CC(C)NC(=O)CC1(CN)CCCCC1. The average Bonchev–Trinajstić information content (AvgIpc) is 2.39. The Hall–Kier alpha value is -1.10. The van der Waals surface area contributed by atoms with Gasteiger partial charge in [-0.3, -0.25) is 9.59 Å². The number of amides is 1. The number of hydrogen-bond acceptors (Lipinski definition) is 4. The first kappa shape index (κ1) is 16.0. The molecule has 3 N–H and O–H groups in total. The van der Waals surface area contributed by atoms with Crippen molar-refractivity contribution in [1.82, 2.24) is 5.32 Å². The van der Waals surface area contributed by atoms with E-state index >= 15 is 0 Å². The number of carbonyl (C=O) groups excluding carboxylic acids is 2. The van der Waals surface area contributed by atoms with Gasteiger partial charge in [-0.2, -0.15) is 0 Å². The number of ether oxygens (including phenoxy) is 1. The van der Waals surface area contributed by atoms with Crippen LogP contribution in [-0.2, 0) is 14.3 Å². The minimum absolute atomic E-state index is 0.0104. The molecule has 110 valence electrons. The van der Waals surface area contributed by atoms with E-state index in [1.807, 2.05) is 6.92 Å². The van der Waals surface area contributed by atoms with Crippen LogP contribution in [0.1, 0.15) is 51.9 Å². The van der Waals surface area contributed by atoms with Crippen LogP contribution >= 0.6 is 0 Å². The summed E-state index contributed by atoms with van der Waals surface area (Å²) in [6.45, 7) is 2.37. The van der Waals surface area contributed by atoms with Crippen LogP contribution < -0.4 is 11.1 Å². The molecule has 1 atom stereocenters. The predicted molar refractivity (Wildman–Crippen MR) is 73.4 cm³/mol. The molecule has 0 aromatic heterocycles. The van der Waals surface area contributed by atoms with E-state index in [0.29, 0.717) is 13.0 Å². The summed E-state index contributed by atoms with van der Waals surface area (Å²) in [6, 6.07) is -0.196. The van der Waals surface area contributed by atoms with Gasteiger partial charge < -0.3 is 15.8 Å². The molecule has 0 spiro atoms. The molecule has 1 unspecified atom stereocenters. The highest BCUT2D eigenvalue weighted by molar-refractivity contribution is 5.78. The highest BCUT2D eigenvalue weighted by atomic mass is 16.5. The number of methoxy groups -OCH3 is 1. The fraction of sp³-hybridized carbons (Fsp3) is 0.857. The first-order valence-electron chi connectivity index (χ1n) is 7.07. The van der Waals surface area contributed by atoms with Crippen LogP contribution in [-0.4, -0.2) is 31.6 Å². The second-order valence-electron chi connectivity index (χ2n) is 5.69. The van der Waals surface area contributed by atoms with Crippen molar-refractivity contribution in [2.24, 2.45) is 11.1 Å². The van der Waals surface area contributed by atoms with Crippen LogP contribution in [0.2, 0.25) is 0 Å². The zero-order valence-corrected chi connectivity index (χ0v) is 12.0. The maximum Gasteiger partial charge on any atom is 0.307 e. The van der Waals surface area contributed by atoms with E-state index in [-0.39, 0.29) is 29.8 Å². The number of rotatable bonds is 6. The van der Waals surface area contributed by atoms with Crippen molar-refractivity contribution in [3.63, 3.8) is 0 Å². The highest BCUT2D eigenvalue weighted by Crippen LogP contribution is 2.38.